The lowest BCUT2D eigenvalue weighted by atomic mass is 10.0. The number of aliphatic hydroxyl groups excluding tert-OH is 1. The summed E-state index contributed by atoms with van der Waals surface area (Å²) in [5, 5.41) is 40.1. The van der Waals surface area contributed by atoms with Crippen molar-refractivity contribution in [3.8, 4) is 22.6 Å². The molecule has 1 heterocycles. The van der Waals surface area contributed by atoms with Crippen molar-refractivity contribution in [3.63, 3.8) is 0 Å². The number of methoxy groups -OCH3 is 1. The zero-order valence-corrected chi connectivity index (χ0v) is 21.7. The van der Waals surface area contributed by atoms with Gasteiger partial charge in [0.2, 0.25) is 0 Å². The Morgan fingerprint density at radius 1 is 0.897 bits per heavy atom. The van der Waals surface area contributed by atoms with Crippen molar-refractivity contribution in [2.75, 3.05) is 25.5 Å². The third kappa shape index (κ3) is 5.95. The summed E-state index contributed by atoms with van der Waals surface area (Å²) >= 11 is 0. The van der Waals surface area contributed by atoms with Gasteiger partial charge >= 0.3 is 0 Å². The molecule has 5 rings (SSSR count). The molecule has 7 nitrogen and oxygen atoms in total. The van der Waals surface area contributed by atoms with Gasteiger partial charge in [-0.1, -0.05) is 48.5 Å². The number of phenols is 1. The molecule has 4 N–H and O–H groups in total. The van der Waals surface area contributed by atoms with E-state index in [1.165, 1.54) is 17.8 Å². The second-order valence-electron chi connectivity index (χ2n) is 9.34. The van der Waals surface area contributed by atoms with E-state index < -0.39 is 6.10 Å². The van der Waals surface area contributed by atoms with E-state index in [2.05, 4.69) is 53.1 Å². The number of hydrogen-bond acceptors (Lipinski definition) is 6. The third-order valence-electron chi connectivity index (χ3n) is 6.75. The van der Waals surface area contributed by atoms with Gasteiger partial charge in [-0.15, -0.1) is 0 Å². The summed E-state index contributed by atoms with van der Waals surface area (Å²) in [6.07, 6.45) is 1.31. The maximum absolute atomic E-state index is 12.1. The van der Waals surface area contributed by atoms with Gasteiger partial charge in [0.05, 0.1) is 18.6 Å². The van der Waals surface area contributed by atoms with E-state index in [1.807, 2.05) is 30.3 Å². The highest BCUT2D eigenvalue weighted by molar-refractivity contribution is 5.85. The van der Waals surface area contributed by atoms with Crippen LogP contribution >= 0.6 is 0 Å². The number of aromatic nitrogens is 1. The molecule has 0 amide bonds. The Balaban J connectivity index is 1.16. The Bertz CT molecular complexity index is 1550. The van der Waals surface area contributed by atoms with E-state index >= 15 is 0 Å². The van der Waals surface area contributed by atoms with Crippen molar-refractivity contribution < 1.29 is 19.7 Å². The molecule has 0 aliphatic rings. The Kier molecular flexibility index (Phi) is 7.91. The van der Waals surface area contributed by atoms with Crippen molar-refractivity contribution in [2.24, 2.45) is 0 Å². The number of rotatable bonds is 10. The molecule has 0 fully saturated rings. The Hall–Kier alpha value is -4.59. The zero-order valence-electron chi connectivity index (χ0n) is 21.7. The summed E-state index contributed by atoms with van der Waals surface area (Å²) in [4.78, 5) is 0. The molecule has 7 heteroatoms. The molecule has 4 aromatic carbocycles. The van der Waals surface area contributed by atoms with Crippen LogP contribution in [0.3, 0.4) is 0 Å². The maximum Gasteiger partial charge on any atom is 0.266 e. The zero-order chi connectivity index (χ0) is 27.2. The van der Waals surface area contributed by atoms with Gasteiger partial charge in [-0.3, -0.25) is 0 Å². The standard InChI is InChI=1S/C32H31N3O4/c1-39-31-16-13-25(20-28(31)23-6-3-2-4-7-23)34-24-11-9-22(10-12-24)17-18-33-21-30(37)26-14-15-29(36)32-27(26)8-5-19-35(32)38/h2-16,19-20,30,33-34,36-37H,17-18,21H2,1H3/t30-/m0/s1. The summed E-state index contributed by atoms with van der Waals surface area (Å²) in [5.74, 6) is 0.721. The normalized spacial score (nSPS) is 11.8. The number of fused-ring (bicyclic) bond motifs is 1. The summed E-state index contributed by atoms with van der Waals surface area (Å²) in [6, 6.07) is 30.9. The number of phenolic OH excluding ortho intramolecular Hbond substituents is 1. The lowest BCUT2D eigenvalue weighted by Gasteiger charge is -2.15. The molecular formula is C32H31N3O4. The van der Waals surface area contributed by atoms with Gasteiger partial charge in [0.15, 0.2) is 11.9 Å². The SMILES string of the molecule is COc1ccc(Nc2ccc(CCNC[C@H](O)c3ccc(O)c4c3ccc[n+]4[O-])cc2)cc1-c1ccccc1. The monoisotopic (exact) mass is 521 g/mol. The minimum absolute atomic E-state index is 0.105. The molecule has 0 aliphatic carbocycles. The number of benzene rings is 4. The van der Waals surface area contributed by atoms with Crippen molar-refractivity contribution in [1.82, 2.24) is 5.32 Å². The fourth-order valence-electron chi connectivity index (χ4n) is 4.73. The van der Waals surface area contributed by atoms with E-state index in [4.69, 9.17) is 4.74 Å². The molecular weight excluding hydrogens is 490 g/mol. The van der Waals surface area contributed by atoms with E-state index in [9.17, 15) is 15.4 Å². The van der Waals surface area contributed by atoms with Crippen LogP contribution in [0.15, 0.2) is 103 Å². The van der Waals surface area contributed by atoms with Crippen LogP contribution in [-0.4, -0.2) is 30.4 Å². The van der Waals surface area contributed by atoms with Crippen LogP contribution in [0, 0.1) is 5.21 Å². The highest BCUT2D eigenvalue weighted by Crippen LogP contribution is 2.33. The topological polar surface area (TPSA) is 101 Å². The van der Waals surface area contributed by atoms with Gasteiger partial charge < -0.3 is 30.8 Å². The summed E-state index contributed by atoms with van der Waals surface area (Å²) in [6.45, 7) is 1.01. The van der Waals surface area contributed by atoms with Gasteiger partial charge in [-0.25, -0.2) is 0 Å². The van der Waals surface area contributed by atoms with Crippen LogP contribution in [0.25, 0.3) is 22.0 Å². The number of hydrogen-bond donors (Lipinski definition) is 4. The number of ether oxygens (including phenoxy) is 1. The second-order valence-corrected chi connectivity index (χ2v) is 9.34. The summed E-state index contributed by atoms with van der Waals surface area (Å²) in [5.41, 5.74) is 6.02. The van der Waals surface area contributed by atoms with Gasteiger partial charge in [0.1, 0.15) is 5.75 Å². The minimum atomic E-state index is -0.813. The molecule has 0 saturated heterocycles. The fourth-order valence-corrected chi connectivity index (χ4v) is 4.73. The quantitative estimate of drug-likeness (QED) is 0.111. The van der Waals surface area contributed by atoms with Crippen molar-refractivity contribution in [2.45, 2.75) is 12.5 Å². The molecule has 0 radical (unpaired) electrons. The first-order valence-corrected chi connectivity index (χ1v) is 12.9. The average molecular weight is 522 g/mol. The lowest BCUT2D eigenvalue weighted by Crippen LogP contribution is -2.27. The van der Waals surface area contributed by atoms with E-state index in [0.29, 0.717) is 28.8 Å². The smallest absolute Gasteiger partial charge is 0.266 e. The number of aromatic hydroxyl groups is 1. The molecule has 0 spiro atoms. The number of anilines is 2. The van der Waals surface area contributed by atoms with Crippen LogP contribution in [-0.2, 0) is 6.42 Å². The van der Waals surface area contributed by atoms with Gasteiger partial charge in [-0.05, 0) is 72.1 Å². The molecule has 0 aliphatic heterocycles. The largest absolute Gasteiger partial charge is 0.618 e. The molecule has 198 valence electrons. The first-order chi connectivity index (χ1) is 19.0. The molecule has 5 aromatic rings. The van der Waals surface area contributed by atoms with Gasteiger partial charge in [0, 0.05) is 29.5 Å². The molecule has 0 bridgehead atoms. The summed E-state index contributed by atoms with van der Waals surface area (Å²) < 4.78 is 6.18. The average Bonchev–Trinajstić information content (AvgIpc) is 2.96. The highest BCUT2D eigenvalue weighted by atomic mass is 16.5. The lowest BCUT2D eigenvalue weighted by molar-refractivity contribution is -0.577. The van der Waals surface area contributed by atoms with Crippen molar-refractivity contribution in [1.29, 1.82) is 0 Å². The Morgan fingerprint density at radius 3 is 2.44 bits per heavy atom. The summed E-state index contributed by atoms with van der Waals surface area (Å²) in [7, 11) is 1.68. The van der Waals surface area contributed by atoms with Gasteiger partial charge in [0.25, 0.3) is 5.52 Å². The number of aliphatic hydroxyl groups is 1. The van der Waals surface area contributed by atoms with Gasteiger partial charge in [-0.2, -0.15) is 4.73 Å². The maximum atomic E-state index is 12.1. The fraction of sp³-hybridized carbons (Fsp3) is 0.156. The minimum Gasteiger partial charge on any atom is -0.618 e. The second kappa shape index (κ2) is 11.9. The molecule has 39 heavy (non-hydrogen) atoms. The van der Waals surface area contributed by atoms with E-state index in [1.54, 1.807) is 25.3 Å². The highest BCUT2D eigenvalue weighted by Gasteiger charge is 2.18. The van der Waals surface area contributed by atoms with E-state index in [0.717, 1.165) is 34.7 Å². The third-order valence-corrected chi connectivity index (χ3v) is 6.75. The van der Waals surface area contributed by atoms with Crippen LogP contribution in [0.5, 0.6) is 11.5 Å². The number of nitrogens with one attached hydrogen (secondary N) is 2. The molecule has 1 atom stereocenters. The Labute approximate surface area is 227 Å². The number of nitrogens with zero attached hydrogens (tertiary/aromatic N) is 1. The first-order valence-electron chi connectivity index (χ1n) is 12.9. The first kappa shape index (κ1) is 26.0. The van der Waals surface area contributed by atoms with Crippen LogP contribution in [0.4, 0.5) is 11.4 Å². The van der Waals surface area contributed by atoms with Crippen LogP contribution < -0.4 is 20.1 Å². The van der Waals surface area contributed by atoms with Crippen molar-refractivity contribution >= 4 is 22.3 Å². The van der Waals surface area contributed by atoms with Crippen molar-refractivity contribution in [3.05, 3.63) is 120 Å². The predicted molar refractivity (Wildman–Crippen MR) is 154 cm³/mol. The number of pyridine rings is 1. The van der Waals surface area contributed by atoms with Crippen LogP contribution in [0.2, 0.25) is 0 Å². The predicted octanol–water partition coefficient (Wildman–Crippen LogP) is 5.46. The Morgan fingerprint density at radius 2 is 1.67 bits per heavy atom. The molecule has 0 unspecified atom stereocenters. The van der Waals surface area contributed by atoms with E-state index in [-0.39, 0.29) is 11.3 Å². The molecule has 0 saturated carbocycles. The van der Waals surface area contributed by atoms with Crippen LogP contribution in [0.1, 0.15) is 17.2 Å². The molecule has 1 aromatic heterocycles.